The maximum absolute atomic E-state index is 5.53. The van der Waals surface area contributed by atoms with Gasteiger partial charge in [-0.3, -0.25) is 0 Å². The number of nitrogens with one attached hydrogen (secondary N) is 1. The Kier molecular flexibility index (Phi) is 9.17. The van der Waals surface area contributed by atoms with E-state index < -0.39 is 0 Å². The highest BCUT2D eigenvalue weighted by molar-refractivity contribution is 6.17. The number of alkyl halides is 1. The van der Waals surface area contributed by atoms with Crippen molar-refractivity contribution >= 4 is 11.6 Å². The van der Waals surface area contributed by atoms with Gasteiger partial charge in [0.2, 0.25) is 0 Å². The standard InChI is InChI=1S/C7H7Cl.C4H11N/c8-6-7-4-2-1-3-5-7;1-3-5-4-2/h1-5H,6H2;5H,3-4H2,1-2H3. The van der Waals surface area contributed by atoms with E-state index in [4.69, 9.17) is 11.6 Å². The van der Waals surface area contributed by atoms with Gasteiger partial charge < -0.3 is 5.32 Å². The van der Waals surface area contributed by atoms with E-state index in [0.717, 1.165) is 13.1 Å². The van der Waals surface area contributed by atoms with Crippen molar-refractivity contribution in [1.29, 1.82) is 0 Å². The van der Waals surface area contributed by atoms with Crippen molar-refractivity contribution in [1.82, 2.24) is 5.32 Å². The van der Waals surface area contributed by atoms with Crippen LogP contribution in [0.25, 0.3) is 0 Å². The molecule has 0 saturated heterocycles. The van der Waals surface area contributed by atoms with Gasteiger partial charge in [0.15, 0.2) is 0 Å². The monoisotopic (exact) mass is 199 g/mol. The molecular weight excluding hydrogens is 182 g/mol. The number of hydrogen-bond donors (Lipinski definition) is 1. The first kappa shape index (κ1) is 12.5. The Morgan fingerprint density at radius 2 is 1.62 bits per heavy atom. The Bertz CT molecular complexity index is 185. The summed E-state index contributed by atoms with van der Waals surface area (Å²) >= 11 is 5.53. The fourth-order valence-electron chi connectivity index (χ4n) is 0.817. The SMILES string of the molecule is CCNCC.ClCc1ccccc1. The molecule has 1 aromatic rings. The summed E-state index contributed by atoms with van der Waals surface area (Å²) in [5, 5.41) is 3.11. The molecule has 0 aliphatic carbocycles. The van der Waals surface area contributed by atoms with Crippen LogP contribution >= 0.6 is 11.6 Å². The highest BCUT2D eigenvalue weighted by Gasteiger charge is 1.81. The van der Waals surface area contributed by atoms with Crippen molar-refractivity contribution < 1.29 is 0 Å². The van der Waals surface area contributed by atoms with Crippen molar-refractivity contribution in [2.45, 2.75) is 19.7 Å². The molecule has 0 aromatic heterocycles. The van der Waals surface area contributed by atoms with E-state index in [1.165, 1.54) is 5.56 Å². The molecule has 0 fully saturated rings. The molecule has 0 aliphatic heterocycles. The lowest BCUT2D eigenvalue weighted by molar-refractivity contribution is 0.762. The molecule has 1 aromatic carbocycles. The van der Waals surface area contributed by atoms with E-state index >= 15 is 0 Å². The van der Waals surface area contributed by atoms with Crippen LogP contribution in [-0.4, -0.2) is 13.1 Å². The van der Waals surface area contributed by atoms with Crippen LogP contribution < -0.4 is 5.32 Å². The molecule has 0 saturated carbocycles. The molecule has 0 unspecified atom stereocenters. The predicted molar refractivity (Wildman–Crippen MR) is 60.2 cm³/mol. The molecule has 0 atom stereocenters. The second-order valence-corrected chi connectivity index (χ2v) is 2.84. The average Bonchev–Trinajstić information content (AvgIpc) is 2.21. The van der Waals surface area contributed by atoms with Crippen LogP contribution in [0.4, 0.5) is 0 Å². The van der Waals surface area contributed by atoms with E-state index in [-0.39, 0.29) is 0 Å². The van der Waals surface area contributed by atoms with E-state index in [0.29, 0.717) is 5.88 Å². The van der Waals surface area contributed by atoms with E-state index in [2.05, 4.69) is 19.2 Å². The largest absolute Gasteiger partial charge is 0.317 e. The van der Waals surface area contributed by atoms with Crippen LogP contribution in [0.1, 0.15) is 19.4 Å². The van der Waals surface area contributed by atoms with Crippen LogP contribution in [0.3, 0.4) is 0 Å². The minimum Gasteiger partial charge on any atom is -0.317 e. The molecule has 74 valence electrons. The van der Waals surface area contributed by atoms with Crippen LogP contribution in [-0.2, 0) is 5.88 Å². The van der Waals surface area contributed by atoms with Gasteiger partial charge in [-0.05, 0) is 18.7 Å². The Hall–Kier alpha value is -0.530. The summed E-state index contributed by atoms with van der Waals surface area (Å²) in [7, 11) is 0. The molecule has 0 aliphatic rings. The molecule has 0 radical (unpaired) electrons. The topological polar surface area (TPSA) is 12.0 Å². The maximum Gasteiger partial charge on any atom is 0.0474 e. The summed E-state index contributed by atoms with van der Waals surface area (Å²) in [6, 6.07) is 9.96. The van der Waals surface area contributed by atoms with E-state index in [1.807, 2.05) is 30.3 Å². The molecular formula is C11H18ClN. The molecule has 1 nitrogen and oxygen atoms in total. The molecule has 1 rings (SSSR count). The number of benzene rings is 1. The second kappa shape index (κ2) is 9.56. The van der Waals surface area contributed by atoms with Crippen molar-refractivity contribution in [3.63, 3.8) is 0 Å². The van der Waals surface area contributed by atoms with Crippen LogP contribution in [0.5, 0.6) is 0 Å². The third-order valence-corrected chi connectivity index (χ3v) is 1.81. The first-order chi connectivity index (χ1) is 6.35. The minimum atomic E-state index is 0.612. The summed E-state index contributed by atoms with van der Waals surface area (Å²) in [5.74, 6) is 0.612. The molecule has 0 amide bonds. The third-order valence-electron chi connectivity index (χ3n) is 1.50. The zero-order valence-electron chi connectivity index (χ0n) is 8.39. The molecule has 0 spiro atoms. The molecule has 2 heteroatoms. The zero-order valence-corrected chi connectivity index (χ0v) is 9.14. The second-order valence-electron chi connectivity index (χ2n) is 2.58. The number of halogens is 1. The summed E-state index contributed by atoms with van der Waals surface area (Å²) in [4.78, 5) is 0. The normalized spacial score (nSPS) is 8.85. The molecule has 0 bridgehead atoms. The Balaban J connectivity index is 0.000000252. The van der Waals surface area contributed by atoms with Crippen LogP contribution in [0, 0.1) is 0 Å². The Labute approximate surface area is 86.1 Å². The Morgan fingerprint density at radius 3 is 1.85 bits per heavy atom. The fraction of sp³-hybridized carbons (Fsp3) is 0.455. The van der Waals surface area contributed by atoms with Gasteiger partial charge in [-0.15, -0.1) is 11.6 Å². The lowest BCUT2D eigenvalue weighted by Gasteiger charge is -1.88. The maximum atomic E-state index is 5.53. The van der Waals surface area contributed by atoms with Crippen molar-refractivity contribution in [2.75, 3.05) is 13.1 Å². The van der Waals surface area contributed by atoms with E-state index in [1.54, 1.807) is 0 Å². The van der Waals surface area contributed by atoms with Gasteiger partial charge in [0.1, 0.15) is 0 Å². The lowest BCUT2D eigenvalue weighted by Crippen LogP contribution is -2.09. The van der Waals surface area contributed by atoms with Crippen molar-refractivity contribution in [2.24, 2.45) is 0 Å². The summed E-state index contributed by atoms with van der Waals surface area (Å²) < 4.78 is 0. The smallest absolute Gasteiger partial charge is 0.0474 e. The quantitative estimate of drug-likeness (QED) is 0.738. The summed E-state index contributed by atoms with van der Waals surface area (Å²) in [5.41, 5.74) is 1.18. The van der Waals surface area contributed by atoms with Gasteiger partial charge in [-0.2, -0.15) is 0 Å². The minimum absolute atomic E-state index is 0.612. The van der Waals surface area contributed by atoms with Gasteiger partial charge in [-0.1, -0.05) is 44.2 Å². The first-order valence-corrected chi connectivity index (χ1v) is 5.19. The van der Waals surface area contributed by atoms with Crippen LogP contribution in [0.2, 0.25) is 0 Å². The average molecular weight is 200 g/mol. The van der Waals surface area contributed by atoms with Crippen molar-refractivity contribution in [3.8, 4) is 0 Å². The van der Waals surface area contributed by atoms with Gasteiger partial charge in [0.05, 0.1) is 0 Å². The Morgan fingerprint density at radius 1 is 1.08 bits per heavy atom. The van der Waals surface area contributed by atoms with E-state index in [9.17, 15) is 0 Å². The zero-order chi connectivity index (χ0) is 9.94. The summed E-state index contributed by atoms with van der Waals surface area (Å²) in [6.45, 7) is 6.39. The first-order valence-electron chi connectivity index (χ1n) is 4.65. The summed E-state index contributed by atoms with van der Waals surface area (Å²) in [6.07, 6.45) is 0. The van der Waals surface area contributed by atoms with Gasteiger partial charge in [0.25, 0.3) is 0 Å². The van der Waals surface area contributed by atoms with Gasteiger partial charge >= 0.3 is 0 Å². The third kappa shape index (κ3) is 7.82. The number of hydrogen-bond acceptors (Lipinski definition) is 1. The van der Waals surface area contributed by atoms with Crippen molar-refractivity contribution in [3.05, 3.63) is 35.9 Å². The molecule has 1 N–H and O–H groups in total. The highest BCUT2D eigenvalue weighted by atomic mass is 35.5. The van der Waals surface area contributed by atoms with Gasteiger partial charge in [-0.25, -0.2) is 0 Å². The fourth-order valence-corrected chi connectivity index (χ4v) is 0.995. The molecule has 0 heterocycles. The predicted octanol–water partition coefficient (Wildman–Crippen LogP) is 3.04. The lowest BCUT2D eigenvalue weighted by atomic mass is 10.2. The highest BCUT2D eigenvalue weighted by Crippen LogP contribution is 2.00. The number of rotatable bonds is 3. The van der Waals surface area contributed by atoms with Gasteiger partial charge in [0, 0.05) is 5.88 Å². The van der Waals surface area contributed by atoms with Crippen LogP contribution in [0.15, 0.2) is 30.3 Å². The molecule has 13 heavy (non-hydrogen) atoms.